The molecule has 0 saturated carbocycles. The van der Waals surface area contributed by atoms with Crippen LogP contribution < -0.4 is 0 Å². The summed E-state index contributed by atoms with van der Waals surface area (Å²) >= 11 is 6.69. The van der Waals surface area contributed by atoms with Gasteiger partial charge in [-0.15, -0.1) is 0 Å². The molecular weight excluding hydrogens is 384 g/mol. The zero-order valence-corrected chi connectivity index (χ0v) is 14.1. The van der Waals surface area contributed by atoms with E-state index in [1.807, 2.05) is 36.4 Å². The number of Topliss-reactive ketones (excluding diaryl/α,β-unsaturated/α-hetero) is 1. The van der Waals surface area contributed by atoms with Crippen LogP contribution in [-0.4, -0.2) is 10.9 Å². The highest BCUT2D eigenvalue weighted by Gasteiger charge is 2.24. The lowest BCUT2D eigenvalue weighted by Crippen LogP contribution is -2.19. The molecule has 0 aromatic heterocycles. The van der Waals surface area contributed by atoms with Gasteiger partial charge in [-0.2, -0.15) is 0 Å². The Morgan fingerprint density at radius 1 is 0.950 bits per heavy atom. The molecule has 104 valence electrons. The Hall–Kier alpha value is -0.970. The third kappa shape index (κ3) is 3.57. The fourth-order valence-electron chi connectivity index (χ4n) is 1.97. The molecule has 0 saturated heterocycles. The molecule has 20 heavy (non-hydrogen) atoms. The maximum Gasteiger partial charge on any atom is 0.168 e. The van der Waals surface area contributed by atoms with Crippen LogP contribution >= 0.6 is 31.9 Å². The van der Waals surface area contributed by atoms with Gasteiger partial charge in [-0.05, 0) is 29.8 Å². The molecule has 0 radical (unpaired) electrons. The normalized spacial score (nSPS) is 13.8. The van der Waals surface area contributed by atoms with E-state index in [0.29, 0.717) is 5.56 Å². The van der Waals surface area contributed by atoms with Crippen molar-refractivity contribution in [2.45, 2.75) is 13.0 Å². The van der Waals surface area contributed by atoms with Crippen LogP contribution in [0.25, 0.3) is 0 Å². The molecule has 2 nitrogen and oxygen atoms in total. The van der Waals surface area contributed by atoms with Gasteiger partial charge in [0.05, 0.1) is 6.10 Å². The predicted octanol–water partition coefficient (Wildman–Crippen LogP) is 4.76. The minimum atomic E-state index is -0.806. The number of ketones is 1. The third-order valence-corrected chi connectivity index (χ3v) is 4.28. The van der Waals surface area contributed by atoms with E-state index >= 15 is 0 Å². The lowest BCUT2D eigenvalue weighted by Gasteiger charge is -2.18. The number of carbonyl (C=O) groups excluding carboxylic acids is 1. The summed E-state index contributed by atoms with van der Waals surface area (Å²) in [6.07, 6.45) is -0.806. The summed E-state index contributed by atoms with van der Waals surface area (Å²) in [7, 11) is 0. The Morgan fingerprint density at radius 2 is 1.40 bits per heavy atom. The zero-order valence-electron chi connectivity index (χ0n) is 10.9. The van der Waals surface area contributed by atoms with Crippen molar-refractivity contribution in [1.29, 1.82) is 0 Å². The lowest BCUT2D eigenvalue weighted by molar-refractivity contribution is 0.0713. The smallest absolute Gasteiger partial charge is 0.168 e. The number of hydrogen-bond donors (Lipinski definition) is 1. The molecule has 4 heteroatoms. The minimum absolute atomic E-state index is 0.0621. The first-order valence-corrected chi connectivity index (χ1v) is 7.81. The number of aliphatic hydroxyl groups excluding tert-OH is 1. The molecule has 2 rings (SSSR count). The van der Waals surface area contributed by atoms with E-state index in [2.05, 4.69) is 31.9 Å². The van der Waals surface area contributed by atoms with E-state index in [4.69, 9.17) is 0 Å². The summed E-state index contributed by atoms with van der Waals surface area (Å²) in [4.78, 5) is 12.4. The summed E-state index contributed by atoms with van der Waals surface area (Å²) in [6.45, 7) is 1.75. The molecule has 0 fully saturated rings. The lowest BCUT2D eigenvalue weighted by atomic mass is 9.90. The molecule has 0 aliphatic carbocycles. The van der Waals surface area contributed by atoms with Crippen molar-refractivity contribution in [3.05, 3.63) is 68.6 Å². The number of benzene rings is 2. The molecule has 2 aromatic carbocycles. The van der Waals surface area contributed by atoms with Crippen LogP contribution in [0.1, 0.15) is 28.9 Å². The van der Waals surface area contributed by atoms with E-state index in [1.165, 1.54) is 0 Å². The monoisotopic (exact) mass is 396 g/mol. The van der Waals surface area contributed by atoms with Crippen LogP contribution in [0.2, 0.25) is 0 Å². The maximum absolute atomic E-state index is 12.4. The van der Waals surface area contributed by atoms with Crippen LogP contribution in [0.15, 0.2) is 57.5 Å². The quantitative estimate of drug-likeness (QED) is 0.754. The van der Waals surface area contributed by atoms with Crippen molar-refractivity contribution < 1.29 is 9.90 Å². The van der Waals surface area contributed by atoms with E-state index in [0.717, 1.165) is 14.5 Å². The average molecular weight is 398 g/mol. The van der Waals surface area contributed by atoms with Crippen molar-refractivity contribution in [3.63, 3.8) is 0 Å². The van der Waals surface area contributed by atoms with Gasteiger partial charge in [-0.25, -0.2) is 0 Å². The standard InChI is InChI=1S/C16H14Br2O2/c1-10(15(19)11-2-6-13(17)7-3-11)16(20)12-4-8-14(18)9-5-12/h2-10,15,19H,1H3/t10-,15+/m0/s1. The van der Waals surface area contributed by atoms with Crippen LogP contribution in [0.4, 0.5) is 0 Å². The molecule has 0 bridgehead atoms. The molecule has 0 spiro atoms. The molecule has 1 N–H and O–H groups in total. The topological polar surface area (TPSA) is 37.3 Å². The van der Waals surface area contributed by atoms with Gasteiger partial charge < -0.3 is 5.11 Å². The number of carbonyl (C=O) groups is 1. The van der Waals surface area contributed by atoms with Crippen molar-refractivity contribution in [2.75, 3.05) is 0 Å². The summed E-state index contributed by atoms with van der Waals surface area (Å²) in [6, 6.07) is 14.5. The van der Waals surface area contributed by atoms with Gasteiger partial charge in [0.25, 0.3) is 0 Å². The van der Waals surface area contributed by atoms with Crippen molar-refractivity contribution >= 4 is 37.6 Å². The Kier molecular flexibility index (Phi) is 5.13. The molecule has 0 aliphatic heterocycles. The average Bonchev–Trinajstić information content (AvgIpc) is 2.46. The summed E-state index contributed by atoms with van der Waals surface area (Å²) < 4.78 is 1.87. The first-order chi connectivity index (χ1) is 9.49. The Bertz CT molecular complexity index is 591. The van der Waals surface area contributed by atoms with Crippen LogP contribution in [-0.2, 0) is 0 Å². The van der Waals surface area contributed by atoms with Crippen molar-refractivity contribution in [1.82, 2.24) is 0 Å². The highest BCUT2D eigenvalue weighted by molar-refractivity contribution is 9.10. The van der Waals surface area contributed by atoms with Gasteiger partial charge in [0.2, 0.25) is 0 Å². The predicted molar refractivity (Wildman–Crippen MR) is 86.7 cm³/mol. The fraction of sp³-hybridized carbons (Fsp3) is 0.188. The van der Waals surface area contributed by atoms with Gasteiger partial charge in [0.1, 0.15) is 0 Å². The van der Waals surface area contributed by atoms with E-state index < -0.39 is 12.0 Å². The second kappa shape index (κ2) is 6.66. The largest absolute Gasteiger partial charge is 0.388 e. The molecular formula is C16H14Br2O2. The second-order valence-corrected chi connectivity index (χ2v) is 6.49. The number of aliphatic hydroxyl groups is 1. The summed E-state index contributed by atoms with van der Waals surface area (Å²) in [5, 5.41) is 10.3. The number of halogens is 2. The molecule has 2 atom stereocenters. The van der Waals surface area contributed by atoms with Crippen LogP contribution in [0, 0.1) is 5.92 Å². The fourth-order valence-corrected chi connectivity index (χ4v) is 2.50. The molecule has 0 amide bonds. The van der Waals surface area contributed by atoms with E-state index in [-0.39, 0.29) is 5.78 Å². The Labute approximate surface area is 135 Å². The molecule has 0 unspecified atom stereocenters. The SMILES string of the molecule is C[C@H](C(=O)c1ccc(Br)cc1)[C@@H](O)c1ccc(Br)cc1. The summed E-state index contributed by atoms with van der Waals surface area (Å²) in [5.41, 5.74) is 1.35. The molecule has 0 heterocycles. The number of rotatable bonds is 4. The first-order valence-electron chi connectivity index (χ1n) is 6.22. The van der Waals surface area contributed by atoms with Crippen molar-refractivity contribution in [3.8, 4) is 0 Å². The summed E-state index contributed by atoms with van der Waals surface area (Å²) in [5.74, 6) is -0.551. The van der Waals surface area contributed by atoms with Gasteiger partial charge in [-0.1, -0.05) is 63.0 Å². The van der Waals surface area contributed by atoms with Crippen molar-refractivity contribution in [2.24, 2.45) is 5.92 Å². The van der Waals surface area contributed by atoms with Gasteiger partial charge in [0.15, 0.2) is 5.78 Å². The minimum Gasteiger partial charge on any atom is -0.388 e. The third-order valence-electron chi connectivity index (χ3n) is 3.23. The first kappa shape index (κ1) is 15.4. The Balaban J connectivity index is 2.17. The highest BCUT2D eigenvalue weighted by atomic mass is 79.9. The van der Waals surface area contributed by atoms with E-state index in [9.17, 15) is 9.90 Å². The van der Waals surface area contributed by atoms with Gasteiger partial charge in [0, 0.05) is 20.4 Å². The van der Waals surface area contributed by atoms with Crippen LogP contribution in [0.5, 0.6) is 0 Å². The van der Waals surface area contributed by atoms with E-state index in [1.54, 1.807) is 19.1 Å². The maximum atomic E-state index is 12.4. The van der Waals surface area contributed by atoms with Gasteiger partial charge >= 0.3 is 0 Å². The van der Waals surface area contributed by atoms with Crippen LogP contribution in [0.3, 0.4) is 0 Å². The molecule has 0 aliphatic rings. The molecule has 2 aromatic rings. The zero-order chi connectivity index (χ0) is 14.7. The highest BCUT2D eigenvalue weighted by Crippen LogP contribution is 2.26. The van der Waals surface area contributed by atoms with Gasteiger partial charge in [-0.3, -0.25) is 4.79 Å². The number of hydrogen-bond acceptors (Lipinski definition) is 2. The Morgan fingerprint density at radius 3 is 1.90 bits per heavy atom. The second-order valence-electron chi connectivity index (χ2n) is 4.66.